The molecule has 2 atom stereocenters. The number of carbonyl (C=O) groups is 1. The van der Waals surface area contributed by atoms with E-state index in [0.29, 0.717) is 25.0 Å². The predicted octanol–water partition coefficient (Wildman–Crippen LogP) is 4.59. The Bertz CT molecular complexity index is 664. The van der Waals surface area contributed by atoms with Crippen LogP contribution in [0.25, 0.3) is 0 Å². The van der Waals surface area contributed by atoms with Gasteiger partial charge in [-0.2, -0.15) is 26.3 Å². The highest BCUT2D eigenvalue weighted by Gasteiger charge is 2.39. The molecule has 1 fully saturated rings. The van der Waals surface area contributed by atoms with Crippen LogP contribution in [0.1, 0.15) is 56.2 Å². The van der Waals surface area contributed by atoms with E-state index in [0.717, 1.165) is 12.8 Å². The molecule has 0 unspecified atom stereocenters. The van der Waals surface area contributed by atoms with E-state index >= 15 is 0 Å². The zero-order chi connectivity index (χ0) is 20.6. The average Bonchev–Trinajstić information content (AvgIpc) is 2.52. The molecule has 0 radical (unpaired) electrons. The number of nitrogens with one attached hydrogen (secondary N) is 1. The lowest BCUT2D eigenvalue weighted by molar-refractivity contribution is -0.143. The lowest BCUT2D eigenvalue weighted by Gasteiger charge is -2.33. The van der Waals surface area contributed by atoms with Crippen LogP contribution in [0.3, 0.4) is 0 Å². The molecule has 1 aromatic rings. The number of nitrogens with two attached hydrogens (primary N) is 1. The monoisotopic (exact) mass is 396 g/mol. The van der Waals surface area contributed by atoms with Gasteiger partial charge in [0.1, 0.15) is 0 Å². The van der Waals surface area contributed by atoms with Crippen molar-refractivity contribution in [3.8, 4) is 0 Å². The highest BCUT2D eigenvalue weighted by atomic mass is 19.4. The summed E-state index contributed by atoms with van der Waals surface area (Å²) in [6.45, 7) is 2.74. The minimum Gasteiger partial charge on any atom is -0.347 e. The third-order valence-corrected chi connectivity index (χ3v) is 4.90. The summed E-state index contributed by atoms with van der Waals surface area (Å²) in [4.78, 5) is 12.5. The van der Waals surface area contributed by atoms with Gasteiger partial charge in [-0.15, -0.1) is 0 Å². The van der Waals surface area contributed by atoms with Crippen molar-refractivity contribution >= 4 is 5.91 Å². The van der Waals surface area contributed by atoms with Crippen molar-refractivity contribution in [1.82, 2.24) is 5.32 Å². The molecule has 1 saturated carbocycles. The molecular formula is C18H22F6N2O. The maximum absolute atomic E-state index is 13.1. The third kappa shape index (κ3) is 5.15. The van der Waals surface area contributed by atoms with Crippen molar-refractivity contribution in [2.75, 3.05) is 0 Å². The largest absolute Gasteiger partial charge is 0.416 e. The molecule has 0 saturated heterocycles. The van der Waals surface area contributed by atoms with Gasteiger partial charge in [-0.05, 0) is 50.5 Å². The van der Waals surface area contributed by atoms with E-state index < -0.39 is 40.8 Å². The molecule has 27 heavy (non-hydrogen) atoms. The molecule has 9 heteroatoms. The van der Waals surface area contributed by atoms with Crippen molar-refractivity contribution in [3.05, 3.63) is 34.9 Å². The van der Waals surface area contributed by atoms with Crippen LogP contribution in [0.15, 0.2) is 18.2 Å². The molecule has 152 valence electrons. The Hall–Kier alpha value is -1.77. The molecule has 0 aliphatic heterocycles. The van der Waals surface area contributed by atoms with Gasteiger partial charge in [0, 0.05) is 6.04 Å². The molecule has 1 amide bonds. The van der Waals surface area contributed by atoms with Gasteiger partial charge in [-0.1, -0.05) is 12.8 Å². The fraction of sp³-hybridized carbons (Fsp3) is 0.611. The van der Waals surface area contributed by atoms with E-state index in [4.69, 9.17) is 5.73 Å². The summed E-state index contributed by atoms with van der Waals surface area (Å²) in [6.07, 6.45) is -7.01. The van der Waals surface area contributed by atoms with Crippen molar-refractivity contribution < 1.29 is 31.1 Å². The summed E-state index contributed by atoms with van der Waals surface area (Å²) < 4.78 is 78.3. The Morgan fingerprint density at radius 3 is 1.81 bits per heavy atom. The van der Waals surface area contributed by atoms with Gasteiger partial charge in [0.2, 0.25) is 5.91 Å². The van der Waals surface area contributed by atoms with E-state index in [-0.39, 0.29) is 17.7 Å². The lowest BCUT2D eigenvalue weighted by Crippen LogP contribution is -2.49. The van der Waals surface area contributed by atoms with E-state index in [9.17, 15) is 31.1 Å². The zero-order valence-electron chi connectivity index (χ0n) is 15.0. The Kier molecular flexibility index (Phi) is 5.85. The lowest BCUT2D eigenvalue weighted by atomic mass is 9.83. The second-order valence-corrected chi connectivity index (χ2v) is 7.46. The molecule has 1 aromatic carbocycles. The first-order valence-electron chi connectivity index (χ1n) is 8.59. The number of rotatable bonds is 3. The molecule has 0 bridgehead atoms. The molecule has 0 aromatic heterocycles. The van der Waals surface area contributed by atoms with Gasteiger partial charge in [-0.25, -0.2) is 0 Å². The summed E-state index contributed by atoms with van der Waals surface area (Å²) in [7, 11) is 0. The second kappa shape index (κ2) is 7.33. The van der Waals surface area contributed by atoms with Gasteiger partial charge in [-0.3, -0.25) is 4.79 Å². The summed E-state index contributed by atoms with van der Waals surface area (Å²) in [5, 5.41) is 2.58. The normalized spacial score (nSPS) is 21.8. The fourth-order valence-corrected chi connectivity index (χ4v) is 3.27. The molecule has 0 heterocycles. The summed E-state index contributed by atoms with van der Waals surface area (Å²) in [5.41, 5.74) is 1.41. The number of hydrogen-bond donors (Lipinski definition) is 2. The molecule has 0 spiro atoms. The van der Waals surface area contributed by atoms with Crippen molar-refractivity contribution in [1.29, 1.82) is 0 Å². The third-order valence-electron chi connectivity index (χ3n) is 4.90. The maximum atomic E-state index is 13.1. The van der Waals surface area contributed by atoms with E-state index in [1.165, 1.54) is 13.8 Å². The summed E-state index contributed by atoms with van der Waals surface area (Å²) in [6, 6.07) is 0.965. The molecule has 2 rings (SSSR count). The van der Waals surface area contributed by atoms with E-state index in [1.54, 1.807) is 0 Å². The molecule has 3 nitrogen and oxygen atoms in total. The molecule has 1 aliphatic rings. The number of carbonyl (C=O) groups excluding carboxylic acids is 1. The van der Waals surface area contributed by atoms with Gasteiger partial charge in [0.15, 0.2) is 0 Å². The van der Waals surface area contributed by atoms with Gasteiger partial charge in [0.05, 0.1) is 22.6 Å². The standard InChI is InChI=1S/C18H22F6N2O/c1-16(2,26-15(27)13-5-3-4-6-14(13)25)10-7-11(17(19,20)21)9-12(8-10)18(22,23)24/h7-9,13-14H,3-6,25H2,1-2H3,(H,26,27)/t13-,14-/m1/s1. The van der Waals surface area contributed by atoms with Crippen LogP contribution in [-0.4, -0.2) is 11.9 Å². The molecule has 3 N–H and O–H groups in total. The van der Waals surface area contributed by atoms with Crippen LogP contribution < -0.4 is 11.1 Å². The number of hydrogen-bond acceptors (Lipinski definition) is 2. The Balaban J connectivity index is 2.37. The highest BCUT2D eigenvalue weighted by molar-refractivity contribution is 5.80. The van der Waals surface area contributed by atoms with Crippen LogP contribution in [-0.2, 0) is 22.7 Å². The van der Waals surface area contributed by atoms with Crippen LogP contribution in [0.5, 0.6) is 0 Å². The van der Waals surface area contributed by atoms with Crippen LogP contribution >= 0.6 is 0 Å². The minimum absolute atomic E-state index is 0.0679. The Morgan fingerprint density at radius 1 is 0.926 bits per heavy atom. The van der Waals surface area contributed by atoms with Gasteiger partial charge >= 0.3 is 12.4 Å². The quantitative estimate of drug-likeness (QED) is 0.734. The van der Waals surface area contributed by atoms with E-state index in [1.807, 2.05) is 0 Å². The first-order valence-corrected chi connectivity index (χ1v) is 8.59. The topological polar surface area (TPSA) is 55.1 Å². The minimum atomic E-state index is -4.94. The van der Waals surface area contributed by atoms with Crippen LogP contribution in [0.4, 0.5) is 26.3 Å². The first-order chi connectivity index (χ1) is 12.2. The van der Waals surface area contributed by atoms with Crippen molar-refractivity contribution in [2.45, 2.75) is 63.5 Å². The summed E-state index contributed by atoms with van der Waals surface area (Å²) in [5.74, 6) is -0.968. The first kappa shape index (κ1) is 21.5. The smallest absolute Gasteiger partial charge is 0.347 e. The van der Waals surface area contributed by atoms with Gasteiger partial charge < -0.3 is 11.1 Å². The number of halogens is 6. The zero-order valence-corrected chi connectivity index (χ0v) is 15.0. The average molecular weight is 396 g/mol. The van der Waals surface area contributed by atoms with Crippen molar-refractivity contribution in [3.63, 3.8) is 0 Å². The summed E-state index contributed by atoms with van der Waals surface area (Å²) >= 11 is 0. The van der Waals surface area contributed by atoms with Gasteiger partial charge in [0.25, 0.3) is 0 Å². The second-order valence-electron chi connectivity index (χ2n) is 7.46. The van der Waals surface area contributed by atoms with Crippen LogP contribution in [0, 0.1) is 5.92 Å². The van der Waals surface area contributed by atoms with Crippen LogP contribution in [0.2, 0.25) is 0 Å². The van der Waals surface area contributed by atoms with E-state index in [2.05, 4.69) is 5.32 Å². The number of amides is 1. The molecular weight excluding hydrogens is 374 g/mol. The fourth-order valence-electron chi connectivity index (χ4n) is 3.27. The SMILES string of the molecule is CC(C)(NC(=O)[C@@H]1CCCC[C@H]1N)c1cc(C(F)(F)F)cc(C(F)(F)F)c1. The molecule has 1 aliphatic carbocycles. The predicted molar refractivity (Wildman–Crippen MR) is 87.5 cm³/mol. The number of benzene rings is 1. The Labute approximate surface area is 153 Å². The Morgan fingerprint density at radius 2 is 1.37 bits per heavy atom. The number of alkyl halides is 6. The highest BCUT2D eigenvalue weighted by Crippen LogP contribution is 2.38. The maximum Gasteiger partial charge on any atom is 0.416 e. The van der Waals surface area contributed by atoms with Crippen molar-refractivity contribution in [2.24, 2.45) is 11.7 Å².